The predicted molar refractivity (Wildman–Crippen MR) is 98.1 cm³/mol. The van der Waals surface area contributed by atoms with E-state index in [0.29, 0.717) is 16.6 Å². The Kier molecular flexibility index (Phi) is 6.40. The molecule has 5 nitrogen and oxygen atoms in total. The van der Waals surface area contributed by atoms with Crippen molar-refractivity contribution < 1.29 is 13.9 Å². The summed E-state index contributed by atoms with van der Waals surface area (Å²) in [6.45, 7) is 5.32. The molecule has 0 amide bonds. The van der Waals surface area contributed by atoms with Crippen LogP contribution in [0.4, 0.5) is 4.39 Å². The Balaban J connectivity index is 2.12. The van der Waals surface area contributed by atoms with Crippen LogP contribution >= 0.6 is 27.7 Å². The van der Waals surface area contributed by atoms with E-state index in [0.717, 1.165) is 5.56 Å². The Morgan fingerprint density at radius 2 is 1.96 bits per heavy atom. The lowest BCUT2D eigenvalue weighted by atomic mass is 10.2. The van der Waals surface area contributed by atoms with Crippen LogP contribution in [0.1, 0.15) is 32.0 Å². The molecule has 0 spiro atoms. The summed E-state index contributed by atoms with van der Waals surface area (Å²) in [4.78, 5) is 31.0. The van der Waals surface area contributed by atoms with E-state index in [1.807, 2.05) is 0 Å². The van der Waals surface area contributed by atoms with E-state index < -0.39 is 11.6 Å². The van der Waals surface area contributed by atoms with E-state index in [4.69, 9.17) is 4.74 Å². The average Bonchev–Trinajstić information content (AvgIpc) is 2.49. The van der Waals surface area contributed by atoms with Crippen molar-refractivity contribution in [2.75, 3.05) is 0 Å². The second-order valence-electron chi connectivity index (χ2n) is 6.31. The monoisotopic (exact) mass is 428 g/mol. The van der Waals surface area contributed by atoms with Gasteiger partial charge in [0, 0.05) is 5.75 Å². The van der Waals surface area contributed by atoms with Gasteiger partial charge >= 0.3 is 5.97 Å². The number of carbonyl (C=O) groups excluding carboxylic acids is 1. The predicted octanol–water partition coefficient (Wildman–Crippen LogP) is 3.85. The molecule has 0 aliphatic rings. The lowest BCUT2D eigenvalue weighted by Crippen LogP contribution is -2.26. The number of hydrogen-bond donors (Lipinski definition) is 1. The van der Waals surface area contributed by atoms with Crippen LogP contribution in [0, 0.1) is 5.82 Å². The molecule has 2 rings (SSSR count). The SMILES string of the molecule is CC(C)(C)OC(=O)Cc1nc(SCc2ccc(F)cc2)[nH]c(=O)c1Br. The van der Waals surface area contributed by atoms with E-state index >= 15 is 0 Å². The summed E-state index contributed by atoms with van der Waals surface area (Å²) < 4.78 is 18.4. The maximum Gasteiger partial charge on any atom is 0.312 e. The number of ether oxygens (including phenoxy) is 1. The smallest absolute Gasteiger partial charge is 0.312 e. The number of aromatic amines is 1. The number of hydrogen-bond acceptors (Lipinski definition) is 5. The lowest BCUT2D eigenvalue weighted by Gasteiger charge is -2.19. The van der Waals surface area contributed by atoms with Gasteiger partial charge in [-0.05, 0) is 54.4 Å². The Morgan fingerprint density at radius 1 is 1.32 bits per heavy atom. The highest BCUT2D eigenvalue weighted by Gasteiger charge is 2.19. The molecule has 1 heterocycles. The molecule has 8 heteroatoms. The Hall–Kier alpha value is -1.67. The van der Waals surface area contributed by atoms with Gasteiger partial charge in [-0.1, -0.05) is 23.9 Å². The van der Waals surface area contributed by atoms with Crippen molar-refractivity contribution in [1.29, 1.82) is 0 Å². The largest absolute Gasteiger partial charge is 0.460 e. The molecule has 0 fully saturated rings. The first kappa shape index (κ1) is 19.7. The first-order chi connectivity index (χ1) is 11.6. The fraction of sp³-hybridized carbons (Fsp3) is 0.353. The molecule has 1 aromatic carbocycles. The van der Waals surface area contributed by atoms with Crippen LogP contribution in [0.5, 0.6) is 0 Å². The Labute approximate surface area is 157 Å². The second-order valence-corrected chi connectivity index (χ2v) is 8.07. The van der Waals surface area contributed by atoms with Crippen molar-refractivity contribution in [2.24, 2.45) is 0 Å². The fourth-order valence-electron chi connectivity index (χ4n) is 1.91. The minimum atomic E-state index is -0.606. The Bertz CT molecular complexity index is 816. The topological polar surface area (TPSA) is 72.0 Å². The van der Waals surface area contributed by atoms with Gasteiger partial charge in [0.2, 0.25) is 0 Å². The highest BCUT2D eigenvalue weighted by atomic mass is 79.9. The molecule has 0 saturated heterocycles. The number of nitrogens with zero attached hydrogens (tertiary/aromatic N) is 1. The van der Waals surface area contributed by atoms with Gasteiger partial charge < -0.3 is 9.72 Å². The van der Waals surface area contributed by atoms with Gasteiger partial charge in [-0.25, -0.2) is 9.37 Å². The van der Waals surface area contributed by atoms with Gasteiger partial charge in [-0.2, -0.15) is 0 Å². The second kappa shape index (κ2) is 8.14. The van der Waals surface area contributed by atoms with Crippen LogP contribution < -0.4 is 5.56 Å². The standard InChI is InChI=1S/C17H18BrFN2O3S/c1-17(2,3)24-13(22)8-12-14(18)15(23)21-16(20-12)25-9-10-4-6-11(19)7-5-10/h4-7H,8-9H2,1-3H3,(H,20,21,23). The van der Waals surface area contributed by atoms with Crippen molar-refractivity contribution in [2.45, 2.75) is 43.7 Å². The number of carbonyl (C=O) groups is 1. The third-order valence-corrected chi connectivity index (χ3v) is 4.69. The molecule has 25 heavy (non-hydrogen) atoms. The van der Waals surface area contributed by atoms with Crippen molar-refractivity contribution in [1.82, 2.24) is 9.97 Å². The summed E-state index contributed by atoms with van der Waals surface area (Å²) in [5.41, 5.74) is 0.241. The summed E-state index contributed by atoms with van der Waals surface area (Å²) in [5.74, 6) is -0.249. The molecule has 0 saturated carbocycles. The number of H-pyrrole nitrogens is 1. The van der Waals surface area contributed by atoms with Crippen molar-refractivity contribution in [3.05, 3.63) is 56.2 Å². The van der Waals surface area contributed by atoms with Crippen molar-refractivity contribution in [3.63, 3.8) is 0 Å². The van der Waals surface area contributed by atoms with E-state index in [9.17, 15) is 14.0 Å². The fourth-order valence-corrected chi connectivity index (χ4v) is 3.08. The molecular weight excluding hydrogens is 411 g/mol. The number of rotatable bonds is 5. The summed E-state index contributed by atoms with van der Waals surface area (Å²) in [6, 6.07) is 6.09. The number of thioether (sulfide) groups is 1. The normalized spacial score (nSPS) is 11.4. The zero-order chi connectivity index (χ0) is 18.6. The highest BCUT2D eigenvalue weighted by molar-refractivity contribution is 9.10. The molecule has 1 N–H and O–H groups in total. The molecular formula is C17H18BrFN2O3S. The maximum atomic E-state index is 12.9. The molecule has 0 radical (unpaired) electrons. The molecule has 2 aromatic rings. The lowest BCUT2D eigenvalue weighted by molar-refractivity contribution is -0.154. The third-order valence-electron chi connectivity index (χ3n) is 2.93. The third kappa shape index (κ3) is 6.28. The van der Waals surface area contributed by atoms with Gasteiger partial charge in [-0.3, -0.25) is 9.59 Å². The van der Waals surface area contributed by atoms with E-state index in [2.05, 4.69) is 25.9 Å². The number of benzene rings is 1. The highest BCUT2D eigenvalue weighted by Crippen LogP contribution is 2.21. The molecule has 0 atom stereocenters. The van der Waals surface area contributed by atoms with Gasteiger partial charge in [-0.15, -0.1) is 0 Å². The molecule has 134 valence electrons. The number of nitrogens with one attached hydrogen (secondary N) is 1. The molecule has 0 unspecified atom stereocenters. The summed E-state index contributed by atoms with van der Waals surface area (Å²) in [5, 5.41) is 0.385. The molecule has 1 aromatic heterocycles. The first-order valence-electron chi connectivity index (χ1n) is 7.52. The minimum Gasteiger partial charge on any atom is -0.460 e. The summed E-state index contributed by atoms with van der Waals surface area (Å²) >= 11 is 4.46. The molecule has 0 bridgehead atoms. The van der Waals surface area contributed by atoms with E-state index in [1.54, 1.807) is 32.9 Å². The van der Waals surface area contributed by atoms with Gasteiger partial charge in [0.1, 0.15) is 15.9 Å². The van der Waals surface area contributed by atoms with Crippen LogP contribution in [0.2, 0.25) is 0 Å². The maximum absolute atomic E-state index is 12.9. The molecule has 0 aliphatic carbocycles. The van der Waals surface area contributed by atoms with Gasteiger partial charge in [0.15, 0.2) is 5.16 Å². The van der Waals surface area contributed by atoms with Crippen LogP contribution in [-0.4, -0.2) is 21.5 Å². The van der Waals surface area contributed by atoms with Crippen molar-refractivity contribution >= 4 is 33.7 Å². The summed E-state index contributed by atoms with van der Waals surface area (Å²) in [7, 11) is 0. The van der Waals surface area contributed by atoms with Gasteiger partial charge in [0.05, 0.1) is 12.1 Å². The molecule has 0 aliphatic heterocycles. The van der Waals surface area contributed by atoms with Crippen LogP contribution in [0.3, 0.4) is 0 Å². The van der Waals surface area contributed by atoms with Crippen LogP contribution in [0.15, 0.2) is 38.7 Å². The zero-order valence-electron chi connectivity index (χ0n) is 14.1. The van der Waals surface area contributed by atoms with Gasteiger partial charge in [0.25, 0.3) is 5.56 Å². The quantitative estimate of drug-likeness (QED) is 0.444. The zero-order valence-corrected chi connectivity index (χ0v) is 16.5. The number of aromatic nitrogens is 2. The average molecular weight is 429 g/mol. The Morgan fingerprint density at radius 3 is 2.56 bits per heavy atom. The number of esters is 1. The van der Waals surface area contributed by atoms with E-state index in [1.165, 1.54) is 23.9 Å². The number of halogens is 2. The van der Waals surface area contributed by atoms with Crippen LogP contribution in [0.25, 0.3) is 0 Å². The first-order valence-corrected chi connectivity index (χ1v) is 9.30. The summed E-state index contributed by atoms with van der Waals surface area (Å²) in [6.07, 6.45) is -0.105. The van der Waals surface area contributed by atoms with Crippen molar-refractivity contribution in [3.8, 4) is 0 Å². The minimum absolute atomic E-state index is 0.105. The van der Waals surface area contributed by atoms with Crippen LogP contribution in [-0.2, 0) is 21.7 Å². The van der Waals surface area contributed by atoms with E-state index in [-0.39, 0.29) is 22.3 Å².